The van der Waals surface area contributed by atoms with Crippen molar-refractivity contribution in [2.75, 3.05) is 4.72 Å². The van der Waals surface area contributed by atoms with Gasteiger partial charge in [0, 0.05) is 0 Å². The van der Waals surface area contributed by atoms with E-state index in [0.29, 0.717) is 0 Å². The fraction of sp³-hybridized carbons (Fsp3) is 0. The second-order valence-corrected chi connectivity index (χ2v) is 6.03. The standard InChI is InChI=1S/C11H6Cl2N4O2S/c12-9-2-1-7(4-14)3-10(9)17-20(18,19)8-5-15-11(13)16-6-8/h1-3,5-6,17H. The molecule has 0 aliphatic heterocycles. The second-order valence-electron chi connectivity index (χ2n) is 3.60. The fourth-order valence-corrected chi connectivity index (χ4v) is 2.59. The normalized spacial score (nSPS) is 10.8. The molecule has 102 valence electrons. The average molecular weight is 329 g/mol. The Balaban J connectivity index is 2.38. The Morgan fingerprint density at radius 1 is 1.20 bits per heavy atom. The van der Waals surface area contributed by atoms with Crippen molar-refractivity contribution in [3.05, 3.63) is 46.5 Å². The Labute approximate surface area is 125 Å². The molecule has 1 heterocycles. The maximum Gasteiger partial charge on any atom is 0.265 e. The molecule has 1 aromatic carbocycles. The molecular weight excluding hydrogens is 323 g/mol. The zero-order valence-corrected chi connectivity index (χ0v) is 12.0. The van der Waals surface area contributed by atoms with E-state index in [0.717, 1.165) is 12.4 Å². The molecule has 0 atom stereocenters. The van der Waals surface area contributed by atoms with Crippen molar-refractivity contribution in [1.82, 2.24) is 9.97 Å². The van der Waals surface area contributed by atoms with Gasteiger partial charge in [-0.3, -0.25) is 4.72 Å². The highest BCUT2D eigenvalue weighted by atomic mass is 35.5. The largest absolute Gasteiger partial charge is 0.278 e. The third-order valence-corrected chi connectivity index (χ3v) is 4.09. The first-order chi connectivity index (χ1) is 9.42. The van der Waals surface area contributed by atoms with Gasteiger partial charge in [0.1, 0.15) is 4.90 Å². The molecule has 0 aliphatic carbocycles. The van der Waals surface area contributed by atoms with Gasteiger partial charge in [0.05, 0.1) is 34.7 Å². The summed E-state index contributed by atoms with van der Waals surface area (Å²) in [5, 5.41) is 8.90. The first-order valence-corrected chi connectivity index (χ1v) is 7.36. The first-order valence-electron chi connectivity index (χ1n) is 5.12. The third kappa shape index (κ3) is 3.17. The van der Waals surface area contributed by atoms with Gasteiger partial charge in [0.2, 0.25) is 5.28 Å². The summed E-state index contributed by atoms with van der Waals surface area (Å²) >= 11 is 11.4. The lowest BCUT2D eigenvalue weighted by atomic mass is 10.2. The quantitative estimate of drug-likeness (QED) is 0.873. The van der Waals surface area contributed by atoms with E-state index in [-0.39, 0.29) is 26.5 Å². The zero-order valence-electron chi connectivity index (χ0n) is 9.71. The molecule has 0 aliphatic rings. The van der Waals surface area contributed by atoms with Crippen LogP contribution in [-0.2, 0) is 10.0 Å². The van der Waals surface area contributed by atoms with Gasteiger partial charge in [-0.1, -0.05) is 11.6 Å². The van der Waals surface area contributed by atoms with E-state index in [1.165, 1.54) is 18.2 Å². The maximum atomic E-state index is 12.1. The van der Waals surface area contributed by atoms with Crippen LogP contribution in [0.25, 0.3) is 0 Å². The maximum absolute atomic E-state index is 12.1. The minimum atomic E-state index is -3.91. The van der Waals surface area contributed by atoms with Crippen molar-refractivity contribution in [3.8, 4) is 6.07 Å². The summed E-state index contributed by atoms with van der Waals surface area (Å²) in [7, 11) is -3.91. The molecule has 1 N–H and O–H groups in total. The minimum Gasteiger partial charge on any atom is -0.278 e. The molecule has 1 aromatic heterocycles. The van der Waals surface area contributed by atoms with Gasteiger partial charge >= 0.3 is 0 Å². The van der Waals surface area contributed by atoms with Crippen LogP contribution in [0.1, 0.15) is 5.56 Å². The number of hydrogen-bond acceptors (Lipinski definition) is 5. The molecule has 2 aromatic rings. The molecular formula is C11H6Cl2N4O2S. The summed E-state index contributed by atoms with van der Waals surface area (Å²) in [6.07, 6.45) is 2.14. The number of nitrogens with zero attached hydrogens (tertiary/aromatic N) is 3. The van der Waals surface area contributed by atoms with Gasteiger partial charge in [-0.2, -0.15) is 5.26 Å². The summed E-state index contributed by atoms with van der Waals surface area (Å²) in [6.45, 7) is 0. The molecule has 0 fully saturated rings. The van der Waals surface area contributed by atoms with E-state index in [9.17, 15) is 8.42 Å². The van der Waals surface area contributed by atoms with Gasteiger partial charge in [-0.15, -0.1) is 0 Å². The lowest BCUT2D eigenvalue weighted by Gasteiger charge is -2.09. The predicted molar refractivity (Wildman–Crippen MR) is 74.0 cm³/mol. The Hall–Kier alpha value is -1.88. The monoisotopic (exact) mass is 328 g/mol. The Kier molecular flexibility index (Phi) is 4.09. The molecule has 0 radical (unpaired) electrons. The van der Waals surface area contributed by atoms with Crippen molar-refractivity contribution in [2.45, 2.75) is 4.90 Å². The van der Waals surface area contributed by atoms with Crippen LogP contribution in [0.3, 0.4) is 0 Å². The molecule has 0 saturated carbocycles. The van der Waals surface area contributed by atoms with E-state index in [2.05, 4.69) is 14.7 Å². The molecule has 6 nitrogen and oxygen atoms in total. The summed E-state index contributed by atoms with van der Waals surface area (Å²) in [4.78, 5) is 7.02. The number of nitriles is 1. The lowest BCUT2D eigenvalue weighted by Crippen LogP contribution is -2.14. The topological polar surface area (TPSA) is 95.7 Å². The van der Waals surface area contributed by atoms with E-state index < -0.39 is 10.0 Å². The van der Waals surface area contributed by atoms with Crippen LogP contribution in [0.15, 0.2) is 35.5 Å². The first kappa shape index (κ1) is 14.5. The SMILES string of the molecule is N#Cc1ccc(Cl)c(NS(=O)(=O)c2cnc(Cl)nc2)c1. The van der Waals surface area contributed by atoms with Crippen LogP contribution in [0.2, 0.25) is 10.3 Å². The van der Waals surface area contributed by atoms with Crippen LogP contribution in [0.5, 0.6) is 0 Å². The number of anilines is 1. The van der Waals surface area contributed by atoms with Crippen molar-refractivity contribution in [2.24, 2.45) is 0 Å². The van der Waals surface area contributed by atoms with Crippen LogP contribution in [-0.4, -0.2) is 18.4 Å². The molecule has 0 unspecified atom stereocenters. The van der Waals surface area contributed by atoms with Crippen LogP contribution >= 0.6 is 23.2 Å². The van der Waals surface area contributed by atoms with Crippen LogP contribution in [0, 0.1) is 11.3 Å². The number of rotatable bonds is 3. The fourth-order valence-electron chi connectivity index (χ4n) is 1.32. The van der Waals surface area contributed by atoms with Crippen molar-refractivity contribution in [1.29, 1.82) is 5.26 Å². The van der Waals surface area contributed by atoms with Gasteiger partial charge in [-0.25, -0.2) is 18.4 Å². The van der Waals surface area contributed by atoms with Gasteiger partial charge < -0.3 is 0 Å². The summed E-state index contributed by atoms with van der Waals surface area (Å²) < 4.78 is 26.4. The molecule has 2 rings (SSSR count). The smallest absolute Gasteiger partial charge is 0.265 e. The molecule has 9 heteroatoms. The predicted octanol–water partition coefficient (Wildman–Crippen LogP) is 2.46. The number of benzene rings is 1. The third-order valence-electron chi connectivity index (χ3n) is 2.25. The lowest BCUT2D eigenvalue weighted by molar-refractivity contribution is 0.600. The number of halogens is 2. The number of nitrogens with one attached hydrogen (secondary N) is 1. The van der Waals surface area contributed by atoms with Crippen molar-refractivity contribution < 1.29 is 8.42 Å². The van der Waals surface area contributed by atoms with Crippen LogP contribution < -0.4 is 4.72 Å². The highest BCUT2D eigenvalue weighted by Gasteiger charge is 2.17. The number of sulfonamides is 1. The summed E-state index contributed by atoms with van der Waals surface area (Å²) in [5.41, 5.74) is 0.375. The molecule has 0 spiro atoms. The average Bonchev–Trinajstić information content (AvgIpc) is 2.41. The summed E-state index contributed by atoms with van der Waals surface area (Å²) in [6, 6.07) is 6.13. The van der Waals surface area contributed by atoms with Gasteiger partial charge in [0.25, 0.3) is 10.0 Å². The van der Waals surface area contributed by atoms with E-state index in [1.54, 1.807) is 0 Å². The number of hydrogen-bond donors (Lipinski definition) is 1. The van der Waals surface area contributed by atoms with E-state index in [4.69, 9.17) is 28.5 Å². The van der Waals surface area contributed by atoms with Gasteiger partial charge in [-0.05, 0) is 29.8 Å². The molecule has 0 bridgehead atoms. The minimum absolute atomic E-state index is 0.0616. The molecule has 0 saturated heterocycles. The Morgan fingerprint density at radius 3 is 2.45 bits per heavy atom. The molecule has 0 amide bonds. The van der Waals surface area contributed by atoms with Crippen LogP contribution in [0.4, 0.5) is 5.69 Å². The van der Waals surface area contributed by atoms with Crippen molar-refractivity contribution >= 4 is 38.9 Å². The Morgan fingerprint density at radius 2 is 1.85 bits per heavy atom. The highest BCUT2D eigenvalue weighted by Crippen LogP contribution is 2.25. The van der Waals surface area contributed by atoms with E-state index >= 15 is 0 Å². The Bertz CT molecular complexity index is 785. The summed E-state index contributed by atoms with van der Waals surface area (Å²) in [5.74, 6) is 0. The zero-order chi connectivity index (χ0) is 14.8. The van der Waals surface area contributed by atoms with Gasteiger partial charge in [0.15, 0.2) is 0 Å². The molecule has 20 heavy (non-hydrogen) atoms. The van der Waals surface area contributed by atoms with Crippen molar-refractivity contribution in [3.63, 3.8) is 0 Å². The van der Waals surface area contributed by atoms with E-state index in [1.807, 2.05) is 6.07 Å². The number of aromatic nitrogens is 2. The highest BCUT2D eigenvalue weighted by molar-refractivity contribution is 7.92. The second kappa shape index (κ2) is 5.63.